The Bertz CT molecular complexity index is 979. The molecule has 1 unspecified atom stereocenters. The Balaban J connectivity index is 1.52. The van der Waals surface area contributed by atoms with Crippen molar-refractivity contribution in [2.45, 2.75) is 19.4 Å². The Labute approximate surface area is 164 Å². The lowest BCUT2D eigenvalue weighted by Crippen LogP contribution is -2.48. The van der Waals surface area contributed by atoms with Crippen LogP contribution in [-0.4, -0.2) is 35.2 Å². The highest BCUT2D eigenvalue weighted by Gasteiger charge is 2.33. The van der Waals surface area contributed by atoms with Crippen LogP contribution in [0.1, 0.15) is 17.0 Å². The van der Waals surface area contributed by atoms with Crippen LogP contribution in [0, 0.1) is 0 Å². The molecule has 0 fully saturated rings. The second-order valence-electron chi connectivity index (χ2n) is 6.95. The van der Waals surface area contributed by atoms with Crippen molar-refractivity contribution in [3.63, 3.8) is 0 Å². The Hall–Kier alpha value is -3.25. The van der Waals surface area contributed by atoms with Crippen LogP contribution in [-0.2, 0) is 19.4 Å². The van der Waals surface area contributed by atoms with Crippen molar-refractivity contribution in [2.75, 3.05) is 13.7 Å². The molecule has 28 heavy (non-hydrogen) atoms. The maximum Gasteiger partial charge on any atom is 0.252 e. The van der Waals surface area contributed by atoms with E-state index in [1.807, 2.05) is 49.1 Å². The summed E-state index contributed by atoms with van der Waals surface area (Å²) in [5, 5.41) is 7.83. The summed E-state index contributed by atoms with van der Waals surface area (Å²) in [7, 11) is 1.69. The van der Waals surface area contributed by atoms with Gasteiger partial charge in [0.25, 0.3) is 5.82 Å². The first kappa shape index (κ1) is 18.1. The minimum Gasteiger partial charge on any atom is -0.497 e. The smallest absolute Gasteiger partial charge is 0.252 e. The second kappa shape index (κ2) is 8.19. The molecule has 0 saturated carbocycles. The molecule has 0 radical (unpaired) electrons. The zero-order valence-corrected chi connectivity index (χ0v) is 16.0. The lowest BCUT2D eigenvalue weighted by molar-refractivity contribution is 0.414. The molecule has 142 valence electrons. The van der Waals surface area contributed by atoms with Gasteiger partial charge in [-0.15, -0.1) is 5.10 Å². The third-order valence-electron chi connectivity index (χ3n) is 4.97. The van der Waals surface area contributed by atoms with Crippen LogP contribution in [0.5, 0.6) is 5.75 Å². The van der Waals surface area contributed by atoms with Crippen molar-refractivity contribution in [3.05, 3.63) is 84.0 Å². The van der Waals surface area contributed by atoms with E-state index in [9.17, 15) is 0 Å². The Morgan fingerprint density at radius 1 is 1.11 bits per heavy atom. The van der Waals surface area contributed by atoms with Gasteiger partial charge in [-0.2, -0.15) is 0 Å². The van der Waals surface area contributed by atoms with Gasteiger partial charge in [-0.25, -0.2) is 9.48 Å². The number of quaternary nitrogens is 1. The molecule has 1 aromatic carbocycles. The van der Waals surface area contributed by atoms with E-state index in [0.717, 1.165) is 48.9 Å². The molecule has 0 amide bonds. The van der Waals surface area contributed by atoms with E-state index >= 15 is 0 Å². The predicted molar refractivity (Wildman–Crippen MR) is 111 cm³/mol. The number of aryl methyl sites for hydroxylation is 2. The summed E-state index contributed by atoms with van der Waals surface area (Å²) in [5.74, 6) is 1.85. The molecule has 1 N–H and O–H groups in total. The molecular formula is C22H24N5O+. The molecule has 2 aromatic heterocycles. The lowest BCUT2D eigenvalue weighted by Gasteiger charge is -2.30. The molecule has 0 aliphatic carbocycles. The van der Waals surface area contributed by atoms with Crippen molar-refractivity contribution < 1.29 is 4.74 Å². The summed E-state index contributed by atoms with van der Waals surface area (Å²) >= 11 is 0. The van der Waals surface area contributed by atoms with E-state index in [4.69, 9.17) is 4.74 Å². The number of pyridine rings is 1. The summed E-state index contributed by atoms with van der Waals surface area (Å²) in [6.07, 6.45) is 9.51. The van der Waals surface area contributed by atoms with Gasteiger partial charge in [0.15, 0.2) is 6.34 Å². The van der Waals surface area contributed by atoms with Gasteiger partial charge in [-0.3, -0.25) is 10.1 Å². The largest absolute Gasteiger partial charge is 0.497 e. The highest BCUT2D eigenvalue weighted by atomic mass is 16.5. The Morgan fingerprint density at radius 2 is 2.07 bits per heavy atom. The molecule has 6 heteroatoms. The monoisotopic (exact) mass is 374 g/mol. The average Bonchev–Trinajstić information content (AvgIpc) is 3.24. The number of rotatable bonds is 7. The summed E-state index contributed by atoms with van der Waals surface area (Å²) in [4.78, 5) is 8.89. The van der Waals surface area contributed by atoms with E-state index in [1.54, 1.807) is 7.11 Å². The highest BCUT2D eigenvalue weighted by Crippen LogP contribution is 2.25. The number of hydrogen-bond acceptors (Lipinski definition) is 4. The number of aromatic nitrogens is 3. The maximum atomic E-state index is 5.31. The van der Waals surface area contributed by atoms with Gasteiger partial charge in [0.1, 0.15) is 18.8 Å². The number of aromatic amines is 1. The van der Waals surface area contributed by atoms with Crippen molar-refractivity contribution in [1.29, 1.82) is 0 Å². The van der Waals surface area contributed by atoms with E-state index in [2.05, 4.69) is 44.4 Å². The number of nitrogens with one attached hydrogen (secondary N) is 1. The molecule has 0 spiro atoms. The third-order valence-corrected chi connectivity index (χ3v) is 4.97. The molecule has 3 aromatic rings. The van der Waals surface area contributed by atoms with Crippen molar-refractivity contribution in [2.24, 2.45) is 4.99 Å². The molecule has 6 nitrogen and oxygen atoms in total. The lowest BCUT2D eigenvalue weighted by atomic mass is 10.1. The van der Waals surface area contributed by atoms with E-state index in [0.29, 0.717) is 4.48 Å². The fourth-order valence-corrected chi connectivity index (χ4v) is 3.44. The SMILES string of the molecule is COc1cccc(CCc2cc([N+]3(Cc4ccccn4)C=NC=CC3)n[nH]2)c1. The van der Waals surface area contributed by atoms with E-state index < -0.39 is 0 Å². The molecule has 1 atom stereocenters. The molecule has 0 saturated heterocycles. The van der Waals surface area contributed by atoms with Crippen LogP contribution >= 0.6 is 0 Å². The van der Waals surface area contributed by atoms with Crippen molar-refractivity contribution >= 4 is 12.2 Å². The standard InChI is InChI=1S/C22H24N5O/c1-28-21-8-4-6-18(14-21)9-10-19-15-22(26-25-19)27(13-5-11-23-17-27)16-20-7-2-3-12-24-20/h2-8,11-12,14-15,17H,9-10,13,16H2,1H3,(H,25,26)/q+1. The first-order valence-electron chi connectivity index (χ1n) is 9.41. The minimum absolute atomic E-state index is 0.531. The van der Waals surface area contributed by atoms with Gasteiger partial charge in [0.2, 0.25) is 0 Å². The van der Waals surface area contributed by atoms with Gasteiger partial charge in [0.05, 0.1) is 12.8 Å². The molecule has 1 aliphatic rings. The van der Waals surface area contributed by atoms with Crippen LogP contribution < -0.4 is 9.22 Å². The molecule has 3 heterocycles. The van der Waals surface area contributed by atoms with E-state index in [1.165, 1.54) is 5.56 Å². The Kier molecular flexibility index (Phi) is 5.30. The number of ether oxygens (including phenoxy) is 1. The summed E-state index contributed by atoms with van der Waals surface area (Å²) < 4.78 is 5.84. The van der Waals surface area contributed by atoms with Gasteiger partial charge in [0, 0.05) is 24.2 Å². The number of H-pyrrole nitrogens is 1. The molecular weight excluding hydrogens is 350 g/mol. The van der Waals surface area contributed by atoms with Crippen LogP contribution in [0.2, 0.25) is 0 Å². The maximum absolute atomic E-state index is 5.31. The number of methoxy groups -OCH3 is 1. The van der Waals surface area contributed by atoms with Gasteiger partial charge in [-0.1, -0.05) is 18.2 Å². The average molecular weight is 374 g/mol. The number of hydrogen-bond donors (Lipinski definition) is 1. The summed E-state index contributed by atoms with van der Waals surface area (Å²) in [6, 6.07) is 16.3. The fourth-order valence-electron chi connectivity index (χ4n) is 3.44. The van der Waals surface area contributed by atoms with E-state index in [-0.39, 0.29) is 0 Å². The van der Waals surface area contributed by atoms with Crippen LogP contribution in [0.15, 0.2) is 72.0 Å². The third kappa shape index (κ3) is 4.02. The van der Waals surface area contributed by atoms with Gasteiger partial charge in [-0.05, 0) is 48.7 Å². The van der Waals surface area contributed by atoms with Crippen LogP contribution in [0.4, 0.5) is 5.82 Å². The molecule has 0 bridgehead atoms. The topological polar surface area (TPSA) is 63.2 Å². The second-order valence-corrected chi connectivity index (χ2v) is 6.95. The quantitative estimate of drug-likeness (QED) is 0.642. The fraction of sp³-hybridized carbons (Fsp3) is 0.227. The first-order valence-corrected chi connectivity index (χ1v) is 9.41. The molecule has 4 rings (SSSR count). The summed E-state index contributed by atoms with van der Waals surface area (Å²) in [6.45, 7) is 1.52. The normalized spacial score (nSPS) is 18.3. The number of benzene rings is 1. The van der Waals surface area contributed by atoms with Crippen LogP contribution in [0.25, 0.3) is 0 Å². The molecule has 1 aliphatic heterocycles. The van der Waals surface area contributed by atoms with Crippen molar-refractivity contribution in [1.82, 2.24) is 19.7 Å². The number of nitrogens with zero attached hydrogens (tertiary/aromatic N) is 4. The zero-order chi connectivity index (χ0) is 19.2. The predicted octanol–water partition coefficient (Wildman–Crippen LogP) is 3.66. The van der Waals surface area contributed by atoms with Gasteiger partial charge < -0.3 is 4.74 Å². The Morgan fingerprint density at radius 3 is 2.86 bits per heavy atom. The van der Waals surface area contributed by atoms with Crippen molar-refractivity contribution in [3.8, 4) is 5.75 Å². The number of aliphatic imine (C=N–C) groups is 1. The first-order chi connectivity index (χ1) is 13.8. The summed E-state index contributed by atoms with van der Waals surface area (Å²) in [5.41, 5.74) is 3.37. The minimum atomic E-state index is 0.531. The zero-order valence-electron chi connectivity index (χ0n) is 16.0. The highest BCUT2D eigenvalue weighted by molar-refractivity contribution is 5.73. The van der Waals surface area contributed by atoms with Gasteiger partial charge >= 0.3 is 0 Å². The van der Waals surface area contributed by atoms with Crippen LogP contribution in [0.3, 0.4) is 0 Å².